The van der Waals surface area contributed by atoms with Crippen molar-refractivity contribution in [1.82, 2.24) is 5.32 Å². The number of carbonyl (C=O) groups is 2. The Balaban J connectivity index is -0.000000222. The molecule has 0 aromatic heterocycles. The van der Waals surface area contributed by atoms with Crippen molar-refractivity contribution in [3.8, 4) is 0 Å². The number of allylic oxidation sites excluding steroid dienone is 1. The van der Waals surface area contributed by atoms with Crippen LogP contribution in [0, 0.1) is 0 Å². The van der Waals surface area contributed by atoms with Crippen molar-refractivity contribution >= 4 is 22.8 Å². The van der Waals surface area contributed by atoms with Crippen molar-refractivity contribution in [2.24, 2.45) is 5.73 Å². The second-order valence-corrected chi connectivity index (χ2v) is 3.67. The normalized spacial score (nSPS) is 8.11. The van der Waals surface area contributed by atoms with E-state index in [0.29, 0.717) is 24.2 Å². The fraction of sp³-hybridized carbons (Fsp3) is 0.500. The predicted molar refractivity (Wildman–Crippen MR) is 76.7 cm³/mol. The summed E-state index contributed by atoms with van der Waals surface area (Å²) >= 11 is 4.87. The first-order valence-electron chi connectivity index (χ1n) is 5.45. The predicted octanol–water partition coefficient (Wildman–Crippen LogP) is -0.0637. The lowest BCUT2D eigenvalue weighted by molar-refractivity contribution is -0.117. The summed E-state index contributed by atoms with van der Waals surface area (Å²) in [6.45, 7) is 10.6. The SMILES string of the molecule is C=C(C)C(=O)Cl.C=C(C)C(=O)NCCO.NCCO. The first-order valence-corrected chi connectivity index (χ1v) is 5.83. The summed E-state index contributed by atoms with van der Waals surface area (Å²) in [7, 11) is 0. The smallest absolute Gasteiger partial charge is 0.247 e. The van der Waals surface area contributed by atoms with Crippen LogP contribution >= 0.6 is 11.6 Å². The first-order chi connectivity index (χ1) is 8.74. The van der Waals surface area contributed by atoms with Crippen LogP contribution in [0.2, 0.25) is 0 Å². The Labute approximate surface area is 118 Å². The van der Waals surface area contributed by atoms with Crippen LogP contribution in [0.5, 0.6) is 0 Å². The van der Waals surface area contributed by atoms with E-state index >= 15 is 0 Å². The van der Waals surface area contributed by atoms with Crippen molar-refractivity contribution in [2.45, 2.75) is 13.8 Å². The lowest BCUT2D eigenvalue weighted by Crippen LogP contribution is -2.26. The number of amides is 1. The van der Waals surface area contributed by atoms with E-state index in [1.807, 2.05) is 0 Å². The van der Waals surface area contributed by atoms with Gasteiger partial charge >= 0.3 is 0 Å². The Morgan fingerprint density at radius 1 is 1.16 bits per heavy atom. The second-order valence-electron chi connectivity index (χ2n) is 3.33. The van der Waals surface area contributed by atoms with Gasteiger partial charge in [-0.3, -0.25) is 9.59 Å². The van der Waals surface area contributed by atoms with E-state index in [-0.39, 0.29) is 19.1 Å². The highest BCUT2D eigenvalue weighted by molar-refractivity contribution is 6.67. The maximum atomic E-state index is 10.6. The highest BCUT2D eigenvalue weighted by Gasteiger charge is 1.97. The van der Waals surface area contributed by atoms with Crippen LogP contribution in [0.3, 0.4) is 0 Å². The van der Waals surface area contributed by atoms with Crippen LogP contribution in [0.25, 0.3) is 0 Å². The molecule has 0 aromatic rings. The van der Waals surface area contributed by atoms with Gasteiger partial charge in [-0.05, 0) is 25.4 Å². The Bertz CT molecular complexity index is 279. The minimum Gasteiger partial charge on any atom is -0.395 e. The third kappa shape index (κ3) is 26.4. The quantitative estimate of drug-likeness (QED) is 0.419. The number of carbonyl (C=O) groups excluding carboxylic acids is 2. The van der Waals surface area contributed by atoms with Gasteiger partial charge in [-0.15, -0.1) is 0 Å². The summed E-state index contributed by atoms with van der Waals surface area (Å²) in [4.78, 5) is 20.4. The number of halogens is 1. The zero-order valence-electron chi connectivity index (χ0n) is 11.4. The zero-order chi connectivity index (χ0) is 15.8. The number of rotatable bonds is 5. The Kier molecular flexibility index (Phi) is 20.3. The van der Waals surface area contributed by atoms with Crippen molar-refractivity contribution in [2.75, 3.05) is 26.3 Å². The molecule has 0 aromatic carbocycles. The number of aliphatic hydroxyl groups excluding tert-OH is 2. The van der Waals surface area contributed by atoms with Gasteiger partial charge in [0.05, 0.1) is 13.2 Å². The minimum atomic E-state index is -0.463. The highest BCUT2D eigenvalue weighted by atomic mass is 35.5. The number of hydrogen-bond acceptors (Lipinski definition) is 5. The molecule has 0 radical (unpaired) electrons. The van der Waals surface area contributed by atoms with E-state index in [1.54, 1.807) is 13.8 Å². The average molecular weight is 295 g/mol. The molecule has 6 nitrogen and oxygen atoms in total. The molecule has 0 rings (SSSR count). The molecule has 0 spiro atoms. The molecule has 19 heavy (non-hydrogen) atoms. The summed E-state index contributed by atoms with van der Waals surface area (Å²) in [5.74, 6) is -0.205. The van der Waals surface area contributed by atoms with E-state index in [1.165, 1.54) is 0 Å². The molecule has 0 atom stereocenters. The maximum Gasteiger partial charge on any atom is 0.247 e. The average Bonchev–Trinajstić information content (AvgIpc) is 2.36. The van der Waals surface area contributed by atoms with Crippen molar-refractivity contribution in [3.63, 3.8) is 0 Å². The van der Waals surface area contributed by atoms with E-state index < -0.39 is 5.24 Å². The molecule has 0 saturated heterocycles. The van der Waals surface area contributed by atoms with E-state index in [0.717, 1.165) is 0 Å². The third-order valence-corrected chi connectivity index (χ3v) is 1.57. The summed E-state index contributed by atoms with van der Waals surface area (Å²) in [5, 5.41) is 18.0. The molecule has 0 heterocycles. The van der Waals surface area contributed by atoms with Crippen LogP contribution in [0.15, 0.2) is 24.3 Å². The first kappa shape index (κ1) is 22.9. The monoisotopic (exact) mass is 294 g/mol. The van der Waals surface area contributed by atoms with E-state index in [9.17, 15) is 9.59 Å². The van der Waals surface area contributed by atoms with Gasteiger partial charge < -0.3 is 21.3 Å². The van der Waals surface area contributed by atoms with Gasteiger partial charge in [0.1, 0.15) is 0 Å². The van der Waals surface area contributed by atoms with Crippen molar-refractivity contribution in [3.05, 3.63) is 24.3 Å². The molecule has 0 saturated carbocycles. The summed E-state index contributed by atoms with van der Waals surface area (Å²) in [6.07, 6.45) is 0. The number of hydrogen-bond donors (Lipinski definition) is 4. The maximum absolute atomic E-state index is 10.6. The number of nitrogens with one attached hydrogen (secondary N) is 1. The van der Waals surface area contributed by atoms with Gasteiger partial charge in [0.15, 0.2) is 0 Å². The molecular weight excluding hydrogens is 272 g/mol. The molecule has 0 unspecified atom stereocenters. The minimum absolute atomic E-state index is 0.0288. The highest BCUT2D eigenvalue weighted by Crippen LogP contribution is 1.91. The van der Waals surface area contributed by atoms with Crippen LogP contribution in [0.1, 0.15) is 13.8 Å². The number of nitrogens with two attached hydrogens (primary N) is 1. The molecule has 7 heteroatoms. The topological polar surface area (TPSA) is 113 Å². The molecule has 1 amide bonds. The molecule has 0 aliphatic carbocycles. The lowest BCUT2D eigenvalue weighted by Gasteiger charge is -1.99. The Morgan fingerprint density at radius 3 is 1.68 bits per heavy atom. The molecular formula is C12H23ClN2O4. The zero-order valence-corrected chi connectivity index (χ0v) is 12.2. The third-order valence-electron chi connectivity index (χ3n) is 1.25. The molecule has 0 bridgehead atoms. The second kappa shape index (κ2) is 16.8. The fourth-order valence-electron chi connectivity index (χ4n) is 0.320. The van der Waals surface area contributed by atoms with Crippen molar-refractivity contribution < 1.29 is 19.8 Å². The molecule has 0 fully saturated rings. The Morgan fingerprint density at radius 2 is 1.53 bits per heavy atom. The van der Waals surface area contributed by atoms with Crippen LogP contribution in [-0.4, -0.2) is 47.7 Å². The van der Waals surface area contributed by atoms with E-state index in [2.05, 4.69) is 18.5 Å². The summed E-state index contributed by atoms with van der Waals surface area (Å²) in [6, 6.07) is 0. The molecule has 5 N–H and O–H groups in total. The number of aliphatic hydroxyl groups is 2. The van der Waals surface area contributed by atoms with Gasteiger partial charge in [0.2, 0.25) is 11.1 Å². The van der Waals surface area contributed by atoms with Gasteiger partial charge in [-0.2, -0.15) is 0 Å². The van der Waals surface area contributed by atoms with Gasteiger partial charge in [0.25, 0.3) is 0 Å². The summed E-state index contributed by atoms with van der Waals surface area (Å²) < 4.78 is 0. The molecule has 0 aliphatic heterocycles. The largest absolute Gasteiger partial charge is 0.395 e. The van der Waals surface area contributed by atoms with Gasteiger partial charge in [-0.1, -0.05) is 13.2 Å². The van der Waals surface area contributed by atoms with Crippen LogP contribution in [0.4, 0.5) is 0 Å². The lowest BCUT2D eigenvalue weighted by atomic mass is 10.3. The van der Waals surface area contributed by atoms with Gasteiger partial charge in [-0.25, -0.2) is 0 Å². The Hall–Kier alpha value is -1.21. The molecule has 0 aliphatic rings. The van der Waals surface area contributed by atoms with Crippen LogP contribution < -0.4 is 11.1 Å². The van der Waals surface area contributed by atoms with Crippen molar-refractivity contribution in [1.29, 1.82) is 0 Å². The van der Waals surface area contributed by atoms with Gasteiger partial charge in [0, 0.05) is 24.2 Å². The molecule has 112 valence electrons. The standard InChI is InChI=1S/C6H11NO2.C4H5ClO.C2H7NO/c1-5(2)6(9)7-3-4-8;1-3(2)4(5)6;3-1-2-4/h8H,1,3-4H2,2H3,(H,7,9);1H2,2H3;4H,1-3H2. The summed E-state index contributed by atoms with van der Waals surface area (Å²) in [5.41, 5.74) is 5.63. The fourth-order valence-corrected chi connectivity index (χ4v) is 0.320. The van der Waals surface area contributed by atoms with E-state index in [4.69, 9.17) is 27.5 Å². The van der Waals surface area contributed by atoms with Crippen LogP contribution in [-0.2, 0) is 9.59 Å².